The monoisotopic (exact) mass is 361 g/mol. The second-order valence-corrected chi connectivity index (χ2v) is 8.01. The minimum atomic E-state index is -3.50. The first-order valence-corrected chi connectivity index (χ1v) is 8.83. The van der Waals surface area contributed by atoms with E-state index in [1.54, 1.807) is 6.07 Å². The van der Waals surface area contributed by atoms with Crippen LogP contribution in [0.4, 0.5) is 5.69 Å². The summed E-state index contributed by atoms with van der Waals surface area (Å²) >= 11 is 3.26. The fraction of sp³-hybridized carbons (Fsp3) is 0.538. The van der Waals surface area contributed by atoms with Gasteiger partial charge in [-0.2, -0.15) is 0 Å². The number of nitrogen functional groups attached to an aromatic ring is 1. The summed E-state index contributed by atoms with van der Waals surface area (Å²) in [6.45, 7) is 3.88. The standard InChI is InChI=1S/C13H20BrN3O2S/c1-9-8-17(2)6-5-13(9)16-20(18,19)10-3-4-12(15)11(14)7-10/h3-4,7,9,13,16H,5-6,8,15H2,1-2H3. The van der Waals surface area contributed by atoms with Gasteiger partial charge in [-0.3, -0.25) is 0 Å². The maximum absolute atomic E-state index is 12.4. The fourth-order valence-electron chi connectivity index (χ4n) is 2.47. The summed E-state index contributed by atoms with van der Waals surface area (Å²) in [6, 6.07) is 4.64. The molecule has 0 spiro atoms. The molecule has 0 aliphatic carbocycles. The second-order valence-electron chi connectivity index (χ2n) is 5.44. The van der Waals surface area contributed by atoms with Gasteiger partial charge in [0, 0.05) is 22.7 Å². The number of halogens is 1. The molecule has 1 aromatic rings. The van der Waals surface area contributed by atoms with Gasteiger partial charge in [0.25, 0.3) is 0 Å². The van der Waals surface area contributed by atoms with Crippen LogP contribution in [0.3, 0.4) is 0 Å². The van der Waals surface area contributed by atoms with Gasteiger partial charge in [-0.05, 0) is 60.1 Å². The van der Waals surface area contributed by atoms with Crippen LogP contribution in [0.1, 0.15) is 13.3 Å². The highest BCUT2D eigenvalue weighted by Crippen LogP contribution is 2.24. The molecular formula is C13H20BrN3O2S. The molecule has 1 aliphatic rings. The summed E-state index contributed by atoms with van der Waals surface area (Å²) < 4.78 is 28.2. The number of benzene rings is 1. The predicted octanol–water partition coefficient (Wildman–Crippen LogP) is 1.65. The van der Waals surface area contributed by atoms with E-state index in [9.17, 15) is 8.42 Å². The molecule has 0 amide bonds. The van der Waals surface area contributed by atoms with Crippen molar-refractivity contribution in [1.29, 1.82) is 0 Å². The van der Waals surface area contributed by atoms with E-state index in [0.717, 1.165) is 19.5 Å². The number of sulfonamides is 1. The molecule has 1 aliphatic heterocycles. The Morgan fingerprint density at radius 2 is 2.15 bits per heavy atom. The van der Waals surface area contributed by atoms with Crippen LogP contribution in [0.2, 0.25) is 0 Å². The molecule has 20 heavy (non-hydrogen) atoms. The third-order valence-corrected chi connectivity index (χ3v) is 5.87. The summed E-state index contributed by atoms with van der Waals surface area (Å²) in [5.74, 6) is 0.292. The summed E-state index contributed by atoms with van der Waals surface area (Å²) in [5.41, 5.74) is 6.21. The van der Waals surface area contributed by atoms with Crippen LogP contribution in [-0.4, -0.2) is 39.5 Å². The first-order chi connectivity index (χ1) is 9.29. The van der Waals surface area contributed by atoms with Crippen LogP contribution < -0.4 is 10.5 Å². The van der Waals surface area contributed by atoms with E-state index in [1.807, 2.05) is 0 Å². The average Bonchev–Trinajstić information content (AvgIpc) is 2.36. The highest BCUT2D eigenvalue weighted by Gasteiger charge is 2.28. The average molecular weight is 362 g/mol. The van der Waals surface area contributed by atoms with Gasteiger partial charge in [0.2, 0.25) is 10.0 Å². The minimum absolute atomic E-state index is 0.0208. The van der Waals surface area contributed by atoms with Crippen LogP contribution in [0.15, 0.2) is 27.6 Å². The molecular weight excluding hydrogens is 342 g/mol. The number of nitrogens with one attached hydrogen (secondary N) is 1. The van der Waals surface area contributed by atoms with Crippen LogP contribution >= 0.6 is 15.9 Å². The quantitative estimate of drug-likeness (QED) is 0.802. The molecule has 5 nitrogen and oxygen atoms in total. The Hall–Kier alpha value is -0.630. The summed E-state index contributed by atoms with van der Waals surface area (Å²) in [7, 11) is -1.45. The molecule has 0 radical (unpaired) electrons. The van der Waals surface area contributed by atoms with Gasteiger partial charge in [0.05, 0.1) is 4.90 Å². The first kappa shape index (κ1) is 15.8. The minimum Gasteiger partial charge on any atom is -0.398 e. The highest BCUT2D eigenvalue weighted by molar-refractivity contribution is 9.10. The van der Waals surface area contributed by atoms with Gasteiger partial charge in [0.15, 0.2) is 0 Å². The number of nitrogens with zero attached hydrogens (tertiary/aromatic N) is 1. The number of nitrogens with two attached hydrogens (primary N) is 1. The molecule has 1 saturated heterocycles. The first-order valence-electron chi connectivity index (χ1n) is 6.55. The SMILES string of the molecule is CC1CN(C)CCC1NS(=O)(=O)c1ccc(N)c(Br)c1. The number of anilines is 1. The Balaban J connectivity index is 2.16. The lowest BCUT2D eigenvalue weighted by molar-refractivity contribution is 0.188. The Labute approximate surface area is 128 Å². The number of hydrogen-bond donors (Lipinski definition) is 2. The zero-order valence-electron chi connectivity index (χ0n) is 11.6. The highest BCUT2D eigenvalue weighted by atomic mass is 79.9. The van der Waals surface area contributed by atoms with Crippen molar-refractivity contribution in [2.24, 2.45) is 5.92 Å². The summed E-state index contributed by atoms with van der Waals surface area (Å²) in [6.07, 6.45) is 0.826. The van der Waals surface area contributed by atoms with Crippen molar-refractivity contribution < 1.29 is 8.42 Å². The van der Waals surface area contributed by atoms with Gasteiger partial charge in [0.1, 0.15) is 0 Å². The third kappa shape index (κ3) is 3.52. The molecule has 0 aromatic heterocycles. The molecule has 0 bridgehead atoms. The molecule has 2 atom stereocenters. The number of likely N-dealkylation sites (tertiary alicyclic amines) is 1. The van der Waals surface area contributed by atoms with Crippen molar-refractivity contribution in [2.75, 3.05) is 25.9 Å². The van der Waals surface area contributed by atoms with Crippen molar-refractivity contribution in [1.82, 2.24) is 9.62 Å². The van der Waals surface area contributed by atoms with Crippen LogP contribution in [0.5, 0.6) is 0 Å². The molecule has 1 heterocycles. The maximum Gasteiger partial charge on any atom is 0.240 e. The van der Waals surface area contributed by atoms with Crippen molar-refractivity contribution in [2.45, 2.75) is 24.3 Å². The molecule has 1 aromatic carbocycles. The van der Waals surface area contributed by atoms with Crippen LogP contribution in [0, 0.1) is 5.92 Å². The zero-order chi connectivity index (χ0) is 14.9. The van der Waals surface area contributed by atoms with Crippen molar-refractivity contribution in [3.8, 4) is 0 Å². The van der Waals surface area contributed by atoms with Crippen molar-refractivity contribution in [3.63, 3.8) is 0 Å². The Bertz CT molecular complexity index is 591. The maximum atomic E-state index is 12.4. The lowest BCUT2D eigenvalue weighted by Crippen LogP contribution is -2.48. The van der Waals surface area contributed by atoms with Gasteiger partial charge >= 0.3 is 0 Å². The van der Waals surface area contributed by atoms with Gasteiger partial charge < -0.3 is 10.6 Å². The lowest BCUT2D eigenvalue weighted by Gasteiger charge is -2.34. The normalized spacial score (nSPS) is 24.8. The number of piperidine rings is 1. The second kappa shape index (κ2) is 6.01. The topological polar surface area (TPSA) is 75.4 Å². The third-order valence-electron chi connectivity index (χ3n) is 3.70. The lowest BCUT2D eigenvalue weighted by atomic mass is 9.95. The van der Waals surface area contributed by atoms with Crippen LogP contribution in [0.25, 0.3) is 0 Å². The van der Waals surface area contributed by atoms with Crippen molar-refractivity contribution in [3.05, 3.63) is 22.7 Å². The van der Waals surface area contributed by atoms with Crippen LogP contribution in [-0.2, 0) is 10.0 Å². The Morgan fingerprint density at radius 3 is 2.75 bits per heavy atom. The van der Waals surface area contributed by atoms with E-state index in [0.29, 0.717) is 16.1 Å². The largest absolute Gasteiger partial charge is 0.398 e. The van der Waals surface area contributed by atoms with E-state index in [2.05, 4.69) is 39.5 Å². The molecule has 2 rings (SSSR count). The number of hydrogen-bond acceptors (Lipinski definition) is 4. The molecule has 3 N–H and O–H groups in total. The zero-order valence-corrected chi connectivity index (χ0v) is 14.0. The Morgan fingerprint density at radius 1 is 1.45 bits per heavy atom. The predicted molar refractivity (Wildman–Crippen MR) is 83.9 cm³/mol. The van der Waals surface area contributed by atoms with E-state index < -0.39 is 10.0 Å². The summed E-state index contributed by atoms with van der Waals surface area (Å²) in [5, 5.41) is 0. The van der Waals surface area contributed by atoms with E-state index >= 15 is 0 Å². The van der Waals surface area contributed by atoms with Crippen molar-refractivity contribution >= 4 is 31.6 Å². The number of rotatable bonds is 3. The molecule has 2 unspecified atom stereocenters. The van der Waals surface area contributed by atoms with E-state index in [4.69, 9.17) is 5.73 Å². The van der Waals surface area contributed by atoms with E-state index in [-0.39, 0.29) is 10.9 Å². The molecule has 0 saturated carbocycles. The van der Waals surface area contributed by atoms with E-state index in [1.165, 1.54) is 12.1 Å². The van der Waals surface area contributed by atoms with Gasteiger partial charge in [-0.15, -0.1) is 0 Å². The smallest absolute Gasteiger partial charge is 0.240 e. The van der Waals surface area contributed by atoms with Gasteiger partial charge in [-0.25, -0.2) is 13.1 Å². The Kier molecular flexibility index (Phi) is 4.73. The van der Waals surface area contributed by atoms with Gasteiger partial charge in [-0.1, -0.05) is 6.92 Å². The molecule has 112 valence electrons. The summed E-state index contributed by atoms with van der Waals surface area (Å²) in [4.78, 5) is 2.46. The molecule has 1 fully saturated rings. The molecule has 7 heteroatoms. The fourth-order valence-corrected chi connectivity index (χ4v) is 4.41.